The third kappa shape index (κ3) is 2.64. The highest BCUT2D eigenvalue weighted by Gasteiger charge is 2.16. The minimum atomic E-state index is -0.159. The van der Waals surface area contributed by atoms with Gasteiger partial charge in [-0.05, 0) is 25.5 Å². The molecule has 3 aromatic rings. The lowest BCUT2D eigenvalue weighted by molar-refractivity contribution is 0.317. The Bertz CT molecular complexity index is 747. The van der Waals surface area contributed by atoms with Crippen LogP contribution in [0.25, 0.3) is 16.2 Å². The molecule has 110 valence electrons. The summed E-state index contributed by atoms with van der Waals surface area (Å²) < 4.78 is 7.73. The van der Waals surface area contributed by atoms with Crippen molar-refractivity contribution in [3.8, 4) is 17.0 Å². The molecule has 0 spiro atoms. The van der Waals surface area contributed by atoms with Gasteiger partial charge in [0.15, 0.2) is 5.82 Å². The molecule has 0 aliphatic carbocycles. The predicted molar refractivity (Wildman–Crippen MR) is 84.7 cm³/mol. The fraction of sp³-hybridized carbons (Fsp3) is 0.333. The van der Waals surface area contributed by atoms with Crippen molar-refractivity contribution in [2.24, 2.45) is 5.73 Å². The van der Waals surface area contributed by atoms with Gasteiger partial charge in [-0.3, -0.25) is 4.40 Å². The summed E-state index contributed by atoms with van der Waals surface area (Å²) in [6, 6.07) is 7.92. The van der Waals surface area contributed by atoms with Crippen molar-refractivity contribution >= 4 is 16.3 Å². The van der Waals surface area contributed by atoms with E-state index in [0.717, 1.165) is 40.8 Å². The third-order valence-corrected chi connectivity index (χ3v) is 4.00. The zero-order chi connectivity index (χ0) is 14.8. The summed E-state index contributed by atoms with van der Waals surface area (Å²) in [7, 11) is 0. The molecule has 3 rings (SSSR count). The van der Waals surface area contributed by atoms with Crippen molar-refractivity contribution in [1.29, 1.82) is 0 Å². The summed E-state index contributed by atoms with van der Waals surface area (Å²) in [6.07, 6.45) is 0.993. The molecule has 0 saturated heterocycles. The van der Waals surface area contributed by atoms with E-state index in [9.17, 15) is 0 Å². The Hall–Kier alpha value is -1.92. The highest BCUT2D eigenvalue weighted by atomic mass is 32.1. The number of benzene rings is 1. The summed E-state index contributed by atoms with van der Waals surface area (Å²) >= 11 is 1.56. The Labute approximate surface area is 127 Å². The van der Waals surface area contributed by atoms with E-state index in [4.69, 9.17) is 10.5 Å². The molecule has 0 fully saturated rings. The lowest BCUT2D eigenvalue weighted by Crippen LogP contribution is -2.10. The Balaban J connectivity index is 2.05. The van der Waals surface area contributed by atoms with E-state index in [0.29, 0.717) is 0 Å². The average Bonchev–Trinajstić information content (AvgIpc) is 3.06. The minimum absolute atomic E-state index is 0.159. The fourth-order valence-corrected chi connectivity index (χ4v) is 3.05. The van der Waals surface area contributed by atoms with E-state index in [1.54, 1.807) is 11.3 Å². The quantitative estimate of drug-likeness (QED) is 0.785. The van der Waals surface area contributed by atoms with Gasteiger partial charge in [-0.15, -0.1) is 21.5 Å². The Morgan fingerprint density at radius 3 is 3.00 bits per heavy atom. The van der Waals surface area contributed by atoms with Crippen LogP contribution in [0.5, 0.6) is 5.75 Å². The van der Waals surface area contributed by atoms with E-state index in [1.165, 1.54) is 0 Å². The molecule has 0 amide bonds. The summed E-state index contributed by atoms with van der Waals surface area (Å²) in [5.74, 6) is 1.66. The average molecular weight is 302 g/mol. The van der Waals surface area contributed by atoms with Crippen molar-refractivity contribution in [2.45, 2.75) is 26.3 Å². The van der Waals surface area contributed by atoms with Crippen LogP contribution in [0, 0.1) is 0 Å². The summed E-state index contributed by atoms with van der Waals surface area (Å²) in [6.45, 7) is 4.73. The predicted octanol–water partition coefficient (Wildman–Crippen LogP) is 3.27. The van der Waals surface area contributed by atoms with Gasteiger partial charge in [-0.2, -0.15) is 0 Å². The first-order valence-electron chi connectivity index (χ1n) is 7.02. The van der Waals surface area contributed by atoms with Crippen molar-refractivity contribution in [1.82, 2.24) is 14.6 Å². The summed E-state index contributed by atoms with van der Waals surface area (Å²) in [4.78, 5) is 0.858. The number of nitrogens with zero attached hydrogens (tertiary/aromatic N) is 3. The smallest absolute Gasteiger partial charge is 0.216 e. The number of hydrogen-bond acceptors (Lipinski definition) is 5. The number of fused-ring (bicyclic) bond motifs is 1. The first kappa shape index (κ1) is 14.0. The Morgan fingerprint density at radius 1 is 1.38 bits per heavy atom. The van der Waals surface area contributed by atoms with Gasteiger partial charge in [-0.1, -0.05) is 19.1 Å². The number of thiazole rings is 1. The van der Waals surface area contributed by atoms with E-state index < -0.39 is 0 Å². The van der Waals surface area contributed by atoms with Crippen LogP contribution in [0.4, 0.5) is 0 Å². The lowest BCUT2D eigenvalue weighted by atomic mass is 10.1. The molecule has 0 aliphatic heterocycles. The molecule has 0 bridgehead atoms. The molecule has 5 nitrogen and oxygen atoms in total. The monoisotopic (exact) mass is 302 g/mol. The van der Waals surface area contributed by atoms with Crippen molar-refractivity contribution in [3.63, 3.8) is 0 Å². The molecular weight excluding hydrogens is 284 g/mol. The zero-order valence-electron chi connectivity index (χ0n) is 12.1. The number of nitrogens with two attached hydrogens (primary N) is 1. The normalized spacial score (nSPS) is 12.7. The molecule has 1 aromatic carbocycles. The van der Waals surface area contributed by atoms with Gasteiger partial charge in [0, 0.05) is 10.9 Å². The fourth-order valence-electron chi connectivity index (χ4n) is 2.20. The molecule has 1 atom stereocenters. The number of rotatable bonds is 5. The van der Waals surface area contributed by atoms with Gasteiger partial charge in [0.1, 0.15) is 5.75 Å². The number of ether oxygens (including phenoxy) is 1. The second-order valence-electron chi connectivity index (χ2n) is 4.96. The molecule has 21 heavy (non-hydrogen) atoms. The molecule has 0 aliphatic rings. The van der Waals surface area contributed by atoms with Crippen molar-refractivity contribution in [3.05, 3.63) is 35.5 Å². The Kier molecular flexibility index (Phi) is 3.90. The van der Waals surface area contributed by atoms with Crippen molar-refractivity contribution < 1.29 is 4.74 Å². The second-order valence-corrected chi connectivity index (χ2v) is 5.80. The SMILES string of the molecule is CCCOc1cccc(-c2csc3nnc(C(C)N)n23)c1. The minimum Gasteiger partial charge on any atom is -0.494 e. The third-order valence-electron chi connectivity index (χ3n) is 3.19. The van der Waals surface area contributed by atoms with E-state index in [-0.39, 0.29) is 6.04 Å². The molecular formula is C15H18N4OS. The highest BCUT2D eigenvalue weighted by molar-refractivity contribution is 7.15. The summed E-state index contributed by atoms with van der Waals surface area (Å²) in [5.41, 5.74) is 8.11. The molecule has 1 unspecified atom stereocenters. The van der Waals surface area contributed by atoms with Gasteiger partial charge in [0.25, 0.3) is 0 Å². The van der Waals surface area contributed by atoms with E-state index in [1.807, 2.05) is 29.5 Å². The van der Waals surface area contributed by atoms with Crippen LogP contribution < -0.4 is 10.5 Å². The van der Waals surface area contributed by atoms with E-state index >= 15 is 0 Å². The zero-order valence-corrected chi connectivity index (χ0v) is 12.9. The standard InChI is InChI=1S/C15H18N4OS/c1-3-7-20-12-6-4-5-11(8-12)13-9-21-15-18-17-14(10(2)16)19(13)15/h4-6,8-10H,3,7,16H2,1-2H3. The van der Waals surface area contributed by atoms with Crippen LogP contribution in [0.1, 0.15) is 32.1 Å². The largest absolute Gasteiger partial charge is 0.494 e. The van der Waals surface area contributed by atoms with Crippen LogP contribution >= 0.6 is 11.3 Å². The van der Waals surface area contributed by atoms with Crippen LogP contribution in [-0.4, -0.2) is 21.2 Å². The maximum Gasteiger partial charge on any atom is 0.216 e. The molecule has 6 heteroatoms. The van der Waals surface area contributed by atoms with Crippen LogP contribution in [-0.2, 0) is 0 Å². The Morgan fingerprint density at radius 2 is 2.24 bits per heavy atom. The molecule has 2 N–H and O–H groups in total. The first-order valence-corrected chi connectivity index (χ1v) is 7.90. The van der Waals surface area contributed by atoms with Gasteiger partial charge < -0.3 is 10.5 Å². The number of hydrogen-bond donors (Lipinski definition) is 1. The second kappa shape index (κ2) is 5.83. The van der Waals surface area contributed by atoms with Gasteiger partial charge in [0.2, 0.25) is 4.96 Å². The lowest BCUT2D eigenvalue weighted by Gasteiger charge is -2.08. The van der Waals surface area contributed by atoms with Gasteiger partial charge in [0.05, 0.1) is 18.3 Å². The van der Waals surface area contributed by atoms with Gasteiger partial charge >= 0.3 is 0 Å². The maximum absolute atomic E-state index is 5.98. The molecule has 0 radical (unpaired) electrons. The molecule has 2 heterocycles. The number of aromatic nitrogens is 3. The van der Waals surface area contributed by atoms with Crippen LogP contribution in [0.3, 0.4) is 0 Å². The first-order chi connectivity index (χ1) is 10.2. The molecule has 0 saturated carbocycles. The topological polar surface area (TPSA) is 65.4 Å². The van der Waals surface area contributed by atoms with Crippen molar-refractivity contribution in [2.75, 3.05) is 6.61 Å². The van der Waals surface area contributed by atoms with Crippen LogP contribution in [0.2, 0.25) is 0 Å². The van der Waals surface area contributed by atoms with Gasteiger partial charge in [-0.25, -0.2) is 0 Å². The maximum atomic E-state index is 5.98. The molecule has 2 aromatic heterocycles. The van der Waals surface area contributed by atoms with Crippen LogP contribution in [0.15, 0.2) is 29.6 Å². The highest BCUT2D eigenvalue weighted by Crippen LogP contribution is 2.30. The van der Waals surface area contributed by atoms with E-state index in [2.05, 4.69) is 28.6 Å². The summed E-state index contributed by atoms with van der Waals surface area (Å²) in [5, 5.41) is 10.4.